The Hall–Kier alpha value is -3.74. The predicted octanol–water partition coefficient (Wildman–Crippen LogP) is 4.22. The minimum atomic E-state index is -0.685. The molecule has 1 heterocycles. The Balaban J connectivity index is 1.32. The fourth-order valence-electron chi connectivity index (χ4n) is 3.32. The summed E-state index contributed by atoms with van der Waals surface area (Å²) in [7, 11) is 1.61. The van der Waals surface area contributed by atoms with Crippen LogP contribution in [0.25, 0.3) is 0 Å². The van der Waals surface area contributed by atoms with Crippen molar-refractivity contribution < 1.29 is 28.2 Å². The quantitative estimate of drug-likeness (QED) is 0.444. The molecule has 1 fully saturated rings. The van der Waals surface area contributed by atoms with Crippen molar-refractivity contribution >= 4 is 11.9 Å². The first kappa shape index (κ1) is 21.5. The van der Waals surface area contributed by atoms with Crippen LogP contribution in [0.5, 0.6) is 11.5 Å². The highest BCUT2D eigenvalue weighted by molar-refractivity contribution is 5.90. The number of furan rings is 1. The molecule has 4 rings (SSSR count). The van der Waals surface area contributed by atoms with Crippen molar-refractivity contribution in [2.45, 2.75) is 32.0 Å². The van der Waals surface area contributed by atoms with Crippen LogP contribution in [0.4, 0.5) is 0 Å². The molecule has 3 aromatic rings. The van der Waals surface area contributed by atoms with E-state index in [1.54, 1.807) is 18.1 Å². The maximum Gasteiger partial charge on any atom is 0.375 e. The molecular formula is C25H25NO6. The molecule has 7 heteroatoms. The smallest absolute Gasteiger partial charge is 0.375 e. The van der Waals surface area contributed by atoms with Gasteiger partial charge in [0.2, 0.25) is 5.76 Å². The highest BCUT2D eigenvalue weighted by Crippen LogP contribution is 2.29. The number of esters is 1. The van der Waals surface area contributed by atoms with Crippen molar-refractivity contribution in [1.82, 2.24) is 4.90 Å². The SMILES string of the molecule is COc1ccc(CN(C(=O)COC(=O)c2occc2COc2ccccc2)C2CC2)cc1. The number of benzene rings is 2. The second-order valence-corrected chi connectivity index (χ2v) is 7.55. The van der Waals surface area contributed by atoms with E-state index >= 15 is 0 Å². The molecule has 0 atom stereocenters. The monoisotopic (exact) mass is 435 g/mol. The van der Waals surface area contributed by atoms with Gasteiger partial charge < -0.3 is 23.5 Å². The molecule has 32 heavy (non-hydrogen) atoms. The summed E-state index contributed by atoms with van der Waals surface area (Å²) in [5.74, 6) is 0.571. The fourth-order valence-corrected chi connectivity index (χ4v) is 3.32. The molecule has 0 N–H and O–H groups in total. The van der Waals surface area contributed by atoms with Gasteiger partial charge in [0, 0.05) is 18.2 Å². The predicted molar refractivity (Wildman–Crippen MR) is 116 cm³/mol. The molecule has 0 aliphatic heterocycles. The van der Waals surface area contributed by atoms with Crippen LogP contribution in [0.15, 0.2) is 71.3 Å². The first-order valence-electron chi connectivity index (χ1n) is 10.5. The Kier molecular flexibility index (Phi) is 6.75. The van der Waals surface area contributed by atoms with Crippen molar-refractivity contribution in [2.75, 3.05) is 13.7 Å². The van der Waals surface area contributed by atoms with Gasteiger partial charge in [0.15, 0.2) is 6.61 Å². The summed E-state index contributed by atoms with van der Waals surface area (Å²) in [5, 5.41) is 0. The minimum absolute atomic E-state index is 0.0434. The van der Waals surface area contributed by atoms with Gasteiger partial charge in [-0.25, -0.2) is 4.79 Å². The maximum atomic E-state index is 12.8. The van der Waals surface area contributed by atoms with E-state index in [1.165, 1.54) is 6.26 Å². The molecule has 0 spiro atoms. The molecule has 0 unspecified atom stereocenters. The average molecular weight is 435 g/mol. The number of hydrogen-bond acceptors (Lipinski definition) is 6. The molecule has 0 radical (unpaired) electrons. The Bertz CT molecular complexity index is 1040. The topological polar surface area (TPSA) is 78.2 Å². The Labute approximate surface area is 186 Å². The molecule has 0 bridgehead atoms. The van der Waals surface area contributed by atoms with Gasteiger partial charge in [-0.1, -0.05) is 30.3 Å². The van der Waals surface area contributed by atoms with Gasteiger partial charge in [0.05, 0.1) is 13.4 Å². The highest BCUT2D eigenvalue weighted by atomic mass is 16.5. The van der Waals surface area contributed by atoms with Gasteiger partial charge in [-0.05, 0) is 48.7 Å². The summed E-state index contributed by atoms with van der Waals surface area (Å²) < 4.78 is 21.4. The highest BCUT2D eigenvalue weighted by Gasteiger charge is 2.33. The van der Waals surface area contributed by atoms with E-state index in [-0.39, 0.29) is 30.9 Å². The van der Waals surface area contributed by atoms with Crippen LogP contribution in [-0.2, 0) is 22.7 Å². The summed E-state index contributed by atoms with van der Waals surface area (Å²) in [6.45, 7) is 0.275. The van der Waals surface area contributed by atoms with E-state index < -0.39 is 5.97 Å². The van der Waals surface area contributed by atoms with Gasteiger partial charge in [-0.15, -0.1) is 0 Å². The Morgan fingerprint density at radius 1 is 1.00 bits per heavy atom. The van der Waals surface area contributed by atoms with Crippen LogP contribution in [-0.4, -0.2) is 36.5 Å². The van der Waals surface area contributed by atoms with E-state index in [0.717, 1.165) is 24.2 Å². The molecule has 2 aromatic carbocycles. The van der Waals surface area contributed by atoms with Crippen LogP contribution in [0.3, 0.4) is 0 Å². The number of rotatable bonds is 10. The first-order valence-corrected chi connectivity index (χ1v) is 10.5. The lowest BCUT2D eigenvalue weighted by Gasteiger charge is -2.22. The summed E-state index contributed by atoms with van der Waals surface area (Å²) >= 11 is 0. The average Bonchev–Trinajstić information content (AvgIpc) is 3.57. The van der Waals surface area contributed by atoms with Gasteiger partial charge in [-0.3, -0.25) is 4.79 Å². The first-order chi connectivity index (χ1) is 15.6. The molecule has 1 aliphatic rings. The van der Waals surface area contributed by atoms with E-state index in [1.807, 2.05) is 54.6 Å². The molecule has 1 amide bonds. The number of ether oxygens (including phenoxy) is 3. The largest absolute Gasteiger partial charge is 0.497 e. The molecule has 166 valence electrons. The van der Waals surface area contributed by atoms with E-state index in [2.05, 4.69) is 0 Å². The summed E-state index contributed by atoms with van der Waals surface area (Å²) in [4.78, 5) is 27.1. The molecular weight excluding hydrogens is 410 g/mol. The number of carbonyl (C=O) groups excluding carboxylic acids is 2. The maximum absolute atomic E-state index is 12.8. The fraction of sp³-hybridized carbons (Fsp3) is 0.280. The zero-order valence-electron chi connectivity index (χ0n) is 17.9. The lowest BCUT2D eigenvalue weighted by molar-refractivity contribution is -0.135. The lowest BCUT2D eigenvalue weighted by atomic mass is 10.2. The lowest BCUT2D eigenvalue weighted by Crippen LogP contribution is -2.36. The van der Waals surface area contributed by atoms with Crippen molar-refractivity contribution in [1.29, 1.82) is 0 Å². The van der Waals surface area contributed by atoms with Crippen molar-refractivity contribution in [2.24, 2.45) is 0 Å². The van der Waals surface area contributed by atoms with Gasteiger partial charge in [-0.2, -0.15) is 0 Å². The summed E-state index contributed by atoms with van der Waals surface area (Å²) in [6, 6.07) is 18.7. The van der Waals surface area contributed by atoms with Crippen LogP contribution in [0.2, 0.25) is 0 Å². The van der Waals surface area contributed by atoms with Crippen LogP contribution in [0.1, 0.15) is 34.5 Å². The molecule has 1 aromatic heterocycles. The summed E-state index contributed by atoms with van der Waals surface area (Å²) in [5.41, 5.74) is 1.55. The molecule has 1 saturated carbocycles. The van der Waals surface area contributed by atoms with E-state index in [9.17, 15) is 9.59 Å². The third-order valence-corrected chi connectivity index (χ3v) is 5.22. The number of hydrogen-bond donors (Lipinski definition) is 0. The van der Waals surface area contributed by atoms with Crippen LogP contribution in [0, 0.1) is 0 Å². The van der Waals surface area contributed by atoms with E-state index in [0.29, 0.717) is 17.9 Å². The zero-order chi connectivity index (χ0) is 22.3. The second kappa shape index (κ2) is 10.0. The number of carbonyl (C=O) groups is 2. The Morgan fingerprint density at radius 2 is 1.75 bits per heavy atom. The third kappa shape index (κ3) is 5.49. The Morgan fingerprint density at radius 3 is 2.44 bits per heavy atom. The summed E-state index contributed by atoms with van der Waals surface area (Å²) in [6.07, 6.45) is 3.31. The van der Waals surface area contributed by atoms with Gasteiger partial charge in [0.1, 0.15) is 18.1 Å². The second-order valence-electron chi connectivity index (χ2n) is 7.55. The minimum Gasteiger partial charge on any atom is -0.497 e. The number of para-hydroxylation sites is 1. The van der Waals surface area contributed by atoms with E-state index in [4.69, 9.17) is 18.6 Å². The zero-order valence-corrected chi connectivity index (χ0v) is 17.9. The van der Waals surface area contributed by atoms with Crippen molar-refractivity contribution in [3.05, 3.63) is 83.8 Å². The van der Waals surface area contributed by atoms with Gasteiger partial charge in [0.25, 0.3) is 5.91 Å². The number of amides is 1. The van der Waals surface area contributed by atoms with Gasteiger partial charge >= 0.3 is 5.97 Å². The van der Waals surface area contributed by atoms with Crippen LogP contribution >= 0.6 is 0 Å². The normalized spacial score (nSPS) is 12.8. The standard InChI is InChI=1S/C25H25NO6/c1-29-21-11-7-18(8-12-21)15-26(20-9-10-20)23(27)17-32-25(28)24-19(13-14-30-24)16-31-22-5-3-2-4-6-22/h2-8,11-14,20H,9-10,15-17H2,1H3. The molecule has 0 saturated heterocycles. The van der Waals surface area contributed by atoms with Crippen LogP contribution < -0.4 is 9.47 Å². The number of methoxy groups -OCH3 is 1. The molecule has 1 aliphatic carbocycles. The third-order valence-electron chi connectivity index (χ3n) is 5.22. The number of nitrogens with zero attached hydrogens (tertiary/aromatic N) is 1. The van der Waals surface area contributed by atoms with Crippen molar-refractivity contribution in [3.8, 4) is 11.5 Å². The molecule has 7 nitrogen and oxygen atoms in total. The van der Waals surface area contributed by atoms with Crippen molar-refractivity contribution in [3.63, 3.8) is 0 Å².